The lowest BCUT2D eigenvalue weighted by Gasteiger charge is -2.17. The van der Waals surface area contributed by atoms with Crippen LogP contribution in [0.4, 0.5) is 22.0 Å². The largest absolute Gasteiger partial charge is 0.487 e. The highest BCUT2D eigenvalue weighted by Crippen LogP contribution is 2.28. The van der Waals surface area contributed by atoms with E-state index < -0.39 is 40.3 Å². The first-order valence-corrected chi connectivity index (χ1v) is 9.18. The first-order chi connectivity index (χ1) is 13.7. The number of nitrogens with zero attached hydrogens (tertiary/aromatic N) is 1. The zero-order chi connectivity index (χ0) is 21.3. The molecule has 0 spiro atoms. The summed E-state index contributed by atoms with van der Waals surface area (Å²) >= 11 is 3.03. The van der Waals surface area contributed by atoms with Crippen LogP contribution in [0.15, 0.2) is 45.7 Å². The molecule has 0 aliphatic rings. The average molecular weight is 474 g/mol. The zero-order valence-electron chi connectivity index (χ0n) is 14.9. The fourth-order valence-electron chi connectivity index (χ4n) is 2.77. The minimum atomic E-state index is -1.24. The predicted octanol–water partition coefficient (Wildman–Crippen LogP) is 5.44. The predicted molar refractivity (Wildman–Crippen MR) is 99.7 cm³/mol. The summed E-state index contributed by atoms with van der Waals surface area (Å²) in [5.74, 6) is -5.15. The third-order valence-corrected chi connectivity index (χ3v) is 4.89. The quantitative estimate of drug-likeness (QED) is 0.462. The molecule has 0 aliphatic carbocycles. The Balaban J connectivity index is 2.05. The highest BCUT2D eigenvalue weighted by Gasteiger charge is 2.21. The second kappa shape index (κ2) is 8.36. The molecule has 0 aliphatic heterocycles. The molecule has 0 N–H and O–H groups in total. The van der Waals surface area contributed by atoms with Crippen LogP contribution < -0.4 is 10.3 Å². The van der Waals surface area contributed by atoms with E-state index in [-0.39, 0.29) is 34.5 Å². The van der Waals surface area contributed by atoms with Gasteiger partial charge in [0.1, 0.15) is 40.0 Å². The maximum atomic E-state index is 14.2. The van der Waals surface area contributed by atoms with Gasteiger partial charge in [-0.3, -0.25) is 9.36 Å². The van der Waals surface area contributed by atoms with E-state index in [9.17, 15) is 26.7 Å². The molecule has 0 saturated carbocycles. The van der Waals surface area contributed by atoms with Gasteiger partial charge in [-0.05, 0) is 34.5 Å². The molecule has 0 atom stereocenters. The van der Waals surface area contributed by atoms with Gasteiger partial charge in [-0.2, -0.15) is 0 Å². The maximum absolute atomic E-state index is 14.2. The molecular formula is C20H13BrF5NO2. The summed E-state index contributed by atoms with van der Waals surface area (Å²) < 4.78 is 74.5. The van der Waals surface area contributed by atoms with Gasteiger partial charge >= 0.3 is 0 Å². The van der Waals surface area contributed by atoms with Crippen molar-refractivity contribution in [2.45, 2.75) is 20.0 Å². The van der Waals surface area contributed by atoms with Crippen LogP contribution >= 0.6 is 15.9 Å². The molecule has 0 amide bonds. The summed E-state index contributed by atoms with van der Waals surface area (Å²) in [6, 6.07) is 5.26. The average Bonchev–Trinajstić information content (AvgIpc) is 2.65. The third-order valence-electron chi connectivity index (χ3n) is 4.16. The van der Waals surface area contributed by atoms with E-state index in [0.717, 1.165) is 10.6 Å². The van der Waals surface area contributed by atoms with Crippen LogP contribution in [-0.2, 0) is 13.0 Å². The Hall–Kier alpha value is -2.68. The molecule has 0 bridgehead atoms. The van der Waals surface area contributed by atoms with Crippen molar-refractivity contribution < 1.29 is 26.7 Å². The molecule has 3 rings (SSSR count). The number of rotatable bonds is 5. The summed E-state index contributed by atoms with van der Waals surface area (Å²) in [5.41, 5.74) is -1.33. The number of ether oxygens (including phenoxy) is 1. The molecule has 1 heterocycles. The molecule has 2 aromatic carbocycles. The highest BCUT2D eigenvalue weighted by atomic mass is 79.9. The first-order valence-electron chi connectivity index (χ1n) is 8.39. The van der Waals surface area contributed by atoms with Crippen molar-refractivity contribution >= 4 is 15.9 Å². The Morgan fingerprint density at radius 3 is 2.14 bits per heavy atom. The first kappa shape index (κ1) is 21.0. The van der Waals surface area contributed by atoms with Crippen molar-refractivity contribution in [2.75, 3.05) is 0 Å². The Morgan fingerprint density at radius 1 is 0.931 bits per heavy atom. The van der Waals surface area contributed by atoms with Crippen LogP contribution in [0.5, 0.6) is 5.75 Å². The minimum Gasteiger partial charge on any atom is -0.487 e. The molecule has 0 radical (unpaired) electrons. The van der Waals surface area contributed by atoms with Gasteiger partial charge in [0.2, 0.25) is 0 Å². The van der Waals surface area contributed by atoms with E-state index in [1.807, 2.05) is 0 Å². The summed E-state index contributed by atoms with van der Waals surface area (Å²) in [5, 5.41) is 0. The summed E-state index contributed by atoms with van der Waals surface area (Å²) in [6.45, 7) is 1.33. The van der Waals surface area contributed by atoms with E-state index in [2.05, 4.69) is 15.9 Å². The van der Waals surface area contributed by atoms with Crippen molar-refractivity contribution in [2.24, 2.45) is 0 Å². The Kier molecular flexibility index (Phi) is 6.07. The molecule has 1 aromatic heterocycles. The van der Waals surface area contributed by atoms with Crippen LogP contribution in [0.2, 0.25) is 0 Å². The number of aromatic nitrogens is 1. The SMILES string of the molecule is CCc1cc(OCc2ccc(F)cc2F)c(Br)c(=O)n1-c1c(F)cc(F)cc1F. The second-order valence-electron chi connectivity index (χ2n) is 6.05. The van der Waals surface area contributed by atoms with Gasteiger partial charge in [-0.15, -0.1) is 0 Å². The molecule has 0 saturated heterocycles. The van der Waals surface area contributed by atoms with Crippen molar-refractivity contribution in [1.29, 1.82) is 0 Å². The lowest BCUT2D eigenvalue weighted by molar-refractivity contribution is 0.296. The number of hydrogen-bond acceptors (Lipinski definition) is 2. The molecule has 3 nitrogen and oxygen atoms in total. The Bertz CT molecular complexity index is 1120. The maximum Gasteiger partial charge on any atom is 0.273 e. The zero-order valence-corrected chi connectivity index (χ0v) is 16.5. The molecule has 152 valence electrons. The van der Waals surface area contributed by atoms with Gasteiger partial charge < -0.3 is 4.74 Å². The highest BCUT2D eigenvalue weighted by molar-refractivity contribution is 9.10. The minimum absolute atomic E-state index is 0.00903. The van der Waals surface area contributed by atoms with Crippen molar-refractivity contribution in [3.8, 4) is 11.4 Å². The number of aryl methyl sites for hydroxylation is 1. The lowest BCUT2D eigenvalue weighted by atomic mass is 10.2. The third kappa shape index (κ3) is 4.19. The topological polar surface area (TPSA) is 31.2 Å². The molecule has 0 unspecified atom stereocenters. The Labute approximate surface area is 170 Å². The van der Waals surface area contributed by atoms with Crippen LogP contribution in [0.3, 0.4) is 0 Å². The molecule has 9 heteroatoms. The van der Waals surface area contributed by atoms with Gasteiger partial charge in [0.05, 0.1) is 0 Å². The van der Waals surface area contributed by atoms with Gasteiger partial charge in [-0.25, -0.2) is 22.0 Å². The summed E-state index contributed by atoms with van der Waals surface area (Å²) in [7, 11) is 0. The molecule has 29 heavy (non-hydrogen) atoms. The van der Waals surface area contributed by atoms with Gasteiger partial charge in [0, 0.05) is 35.5 Å². The van der Waals surface area contributed by atoms with Crippen LogP contribution in [-0.4, -0.2) is 4.57 Å². The van der Waals surface area contributed by atoms with E-state index in [1.54, 1.807) is 6.92 Å². The van der Waals surface area contributed by atoms with Crippen molar-refractivity contribution in [3.05, 3.63) is 91.6 Å². The number of benzene rings is 2. The number of pyridine rings is 1. The van der Waals surface area contributed by atoms with E-state index in [0.29, 0.717) is 18.2 Å². The molecule has 0 fully saturated rings. The Morgan fingerprint density at radius 2 is 1.55 bits per heavy atom. The molecular weight excluding hydrogens is 461 g/mol. The number of hydrogen-bond donors (Lipinski definition) is 0. The van der Waals surface area contributed by atoms with E-state index in [4.69, 9.17) is 4.74 Å². The fourth-order valence-corrected chi connectivity index (χ4v) is 3.17. The van der Waals surface area contributed by atoms with Gasteiger partial charge in [-0.1, -0.05) is 6.92 Å². The van der Waals surface area contributed by atoms with Crippen LogP contribution in [0.25, 0.3) is 5.69 Å². The molecule has 3 aromatic rings. The lowest BCUT2D eigenvalue weighted by Crippen LogP contribution is -2.25. The van der Waals surface area contributed by atoms with Crippen LogP contribution in [0, 0.1) is 29.1 Å². The van der Waals surface area contributed by atoms with Gasteiger partial charge in [0.15, 0.2) is 11.6 Å². The standard InChI is InChI=1S/C20H13BrF5NO2/c1-2-13-8-17(29-9-10-3-4-11(22)5-14(10)24)18(21)20(28)27(13)19-15(25)6-12(23)7-16(19)26/h3-8H,2,9H2,1H3. The smallest absolute Gasteiger partial charge is 0.273 e. The second-order valence-corrected chi connectivity index (χ2v) is 6.84. The number of halogens is 6. The van der Waals surface area contributed by atoms with E-state index in [1.165, 1.54) is 12.1 Å². The van der Waals surface area contributed by atoms with E-state index >= 15 is 0 Å². The van der Waals surface area contributed by atoms with Crippen molar-refractivity contribution in [3.63, 3.8) is 0 Å². The normalized spacial score (nSPS) is 11.0. The summed E-state index contributed by atoms with van der Waals surface area (Å²) in [4.78, 5) is 12.8. The van der Waals surface area contributed by atoms with Crippen LogP contribution in [0.1, 0.15) is 18.2 Å². The fraction of sp³-hybridized carbons (Fsp3) is 0.150. The monoisotopic (exact) mass is 473 g/mol. The summed E-state index contributed by atoms with van der Waals surface area (Å²) in [6.07, 6.45) is 0.181. The van der Waals surface area contributed by atoms with Gasteiger partial charge in [0.25, 0.3) is 5.56 Å². The van der Waals surface area contributed by atoms with Crippen molar-refractivity contribution in [1.82, 2.24) is 4.57 Å².